The van der Waals surface area contributed by atoms with Gasteiger partial charge in [-0.05, 0) is 78.2 Å². The quantitative estimate of drug-likeness (QED) is 0.364. The molecule has 40 heavy (non-hydrogen) atoms. The molecular formula is C30H42N6O3S. The summed E-state index contributed by atoms with van der Waals surface area (Å²) in [5.41, 5.74) is 3.04. The molecule has 2 saturated heterocycles. The highest BCUT2D eigenvalue weighted by Gasteiger charge is 2.35. The van der Waals surface area contributed by atoms with Crippen LogP contribution in [0.25, 0.3) is 20.8 Å². The Morgan fingerprint density at radius 1 is 1.07 bits per heavy atom. The Balaban J connectivity index is 1.38. The maximum absolute atomic E-state index is 10.7. The van der Waals surface area contributed by atoms with Gasteiger partial charge in [0, 0.05) is 44.5 Å². The van der Waals surface area contributed by atoms with Crippen molar-refractivity contribution in [3.63, 3.8) is 0 Å². The average molecular weight is 567 g/mol. The first-order valence-electron chi connectivity index (χ1n) is 14.8. The summed E-state index contributed by atoms with van der Waals surface area (Å²) in [6.07, 6.45) is 8.17. The van der Waals surface area contributed by atoms with Crippen molar-refractivity contribution in [1.29, 1.82) is 0 Å². The number of hydrogen-bond donors (Lipinski definition) is 2. The molecule has 10 heteroatoms. The summed E-state index contributed by atoms with van der Waals surface area (Å²) in [5, 5.41) is 15.4. The van der Waals surface area contributed by atoms with E-state index in [4.69, 9.17) is 24.4 Å². The summed E-state index contributed by atoms with van der Waals surface area (Å²) >= 11 is 1.66. The summed E-state index contributed by atoms with van der Waals surface area (Å²) < 4.78 is 12.9. The molecule has 9 nitrogen and oxygen atoms in total. The third-order valence-corrected chi connectivity index (χ3v) is 9.83. The van der Waals surface area contributed by atoms with Crippen LogP contribution in [0.1, 0.15) is 63.8 Å². The van der Waals surface area contributed by atoms with Gasteiger partial charge in [0.05, 0.1) is 40.0 Å². The summed E-state index contributed by atoms with van der Waals surface area (Å²) in [5.74, 6) is 2.28. The minimum absolute atomic E-state index is 0.199. The van der Waals surface area contributed by atoms with Gasteiger partial charge in [-0.2, -0.15) is 4.98 Å². The van der Waals surface area contributed by atoms with Gasteiger partial charge in [-0.1, -0.05) is 0 Å². The molecular weight excluding hydrogens is 524 g/mol. The van der Waals surface area contributed by atoms with Crippen LogP contribution >= 0.6 is 11.3 Å². The van der Waals surface area contributed by atoms with Gasteiger partial charge in [-0.3, -0.25) is 4.98 Å². The molecule has 4 atom stereocenters. The molecule has 3 fully saturated rings. The summed E-state index contributed by atoms with van der Waals surface area (Å²) in [7, 11) is 0. The lowest BCUT2D eigenvalue weighted by atomic mass is 9.89. The van der Waals surface area contributed by atoms with E-state index in [0.717, 1.165) is 115 Å². The van der Waals surface area contributed by atoms with E-state index in [0.29, 0.717) is 5.92 Å². The molecule has 0 aromatic carbocycles. The van der Waals surface area contributed by atoms with E-state index in [2.05, 4.69) is 22.1 Å². The van der Waals surface area contributed by atoms with Gasteiger partial charge >= 0.3 is 0 Å². The standard InChI is InChI=1S/C30H42N6O3S/c1-18-25(28-34-26-19(2)31-11-9-24(26)40-28)27(33-22-8-7-21(14-22)30(3,4)37)35-29(32-18)36(15-20-10-13-38-17-20)16-23-6-5-12-39-23/h9,11,20-23,37H,5-8,10,12-17H2,1-4H3,(H,32,33,35). The first kappa shape index (κ1) is 27.8. The molecule has 3 aromatic heterocycles. The Bertz CT molecular complexity index is 1310. The topological polar surface area (TPSA) is 106 Å². The fourth-order valence-electron chi connectivity index (χ4n) is 6.41. The summed E-state index contributed by atoms with van der Waals surface area (Å²) in [6.45, 7) is 12.0. The van der Waals surface area contributed by atoms with Gasteiger partial charge < -0.3 is 24.8 Å². The largest absolute Gasteiger partial charge is 0.390 e. The molecule has 2 N–H and O–H groups in total. The fourth-order valence-corrected chi connectivity index (χ4v) is 7.52. The Labute approximate surface area is 240 Å². The van der Waals surface area contributed by atoms with Crippen LogP contribution in [-0.4, -0.2) is 75.7 Å². The van der Waals surface area contributed by atoms with Crippen molar-refractivity contribution in [2.24, 2.45) is 11.8 Å². The second-order valence-corrected chi connectivity index (χ2v) is 13.4. The highest BCUT2D eigenvalue weighted by Crippen LogP contribution is 2.40. The first-order chi connectivity index (χ1) is 19.2. The van der Waals surface area contributed by atoms with E-state index < -0.39 is 5.60 Å². The number of fused-ring (bicyclic) bond motifs is 1. The smallest absolute Gasteiger partial charge is 0.227 e. The second kappa shape index (κ2) is 11.5. The predicted octanol–water partition coefficient (Wildman–Crippen LogP) is 5.14. The Morgan fingerprint density at radius 3 is 2.65 bits per heavy atom. The minimum Gasteiger partial charge on any atom is -0.390 e. The van der Waals surface area contributed by atoms with E-state index in [9.17, 15) is 5.11 Å². The van der Waals surface area contributed by atoms with E-state index >= 15 is 0 Å². The third-order valence-electron chi connectivity index (χ3n) is 8.79. The highest BCUT2D eigenvalue weighted by atomic mass is 32.1. The van der Waals surface area contributed by atoms with Crippen LogP contribution < -0.4 is 10.2 Å². The molecule has 0 spiro atoms. The van der Waals surface area contributed by atoms with Gasteiger partial charge in [-0.25, -0.2) is 9.97 Å². The number of pyridine rings is 1. The normalized spacial score (nSPS) is 25.2. The number of aryl methyl sites for hydroxylation is 2. The van der Waals surface area contributed by atoms with Gasteiger partial charge in [0.15, 0.2) is 0 Å². The van der Waals surface area contributed by atoms with Crippen LogP contribution in [0, 0.1) is 25.7 Å². The molecule has 3 aliphatic rings. The van der Waals surface area contributed by atoms with Crippen molar-refractivity contribution in [1.82, 2.24) is 19.9 Å². The minimum atomic E-state index is -0.689. The van der Waals surface area contributed by atoms with E-state index in [1.54, 1.807) is 11.3 Å². The number of anilines is 2. The zero-order chi connectivity index (χ0) is 27.9. The second-order valence-electron chi connectivity index (χ2n) is 12.4. The number of nitrogens with one attached hydrogen (secondary N) is 1. The van der Waals surface area contributed by atoms with Crippen molar-refractivity contribution in [2.75, 3.05) is 43.1 Å². The highest BCUT2D eigenvalue weighted by molar-refractivity contribution is 7.21. The van der Waals surface area contributed by atoms with Crippen molar-refractivity contribution >= 4 is 33.3 Å². The molecule has 3 aromatic rings. The molecule has 0 radical (unpaired) electrons. The summed E-state index contributed by atoms with van der Waals surface area (Å²) in [4.78, 5) is 22.1. The predicted molar refractivity (Wildman–Crippen MR) is 159 cm³/mol. The Hall–Kier alpha value is -2.40. The maximum Gasteiger partial charge on any atom is 0.227 e. The van der Waals surface area contributed by atoms with Gasteiger partial charge in [-0.15, -0.1) is 11.3 Å². The average Bonchev–Trinajstić information content (AvgIpc) is 3.70. The van der Waals surface area contributed by atoms with Crippen molar-refractivity contribution < 1.29 is 14.6 Å². The number of hydrogen-bond acceptors (Lipinski definition) is 10. The first-order valence-corrected chi connectivity index (χ1v) is 15.6. The van der Waals surface area contributed by atoms with Gasteiger partial charge in [0.1, 0.15) is 16.3 Å². The molecule has 216 valence electrons. The number of aliphatic hydroxyl groups is 1. The van der Waals surface area contributed by atoms with Crippen LogP contribution in [0.3, 0.4) is 0 Å². The van der Waals surface area contributed by atoms with Crippen LogP contribution in [0.2, 0.25) is 0 Å². The zero-order valence-corrected chi connectivity index (χ0v) is 25.0. The maximum atomic E-state index is 10.7. The van der Waals surface area contributed by atoms with E-state index in [1.165, 1.54) is 0 Å². The third kappa shape index (κ3) is 5.95. The number of thiazole rings is 1. The van der Waals surface area contributed by atoms with Crippen LogP contribution in [0.5, 0.6) is 0 Å². The molecule has 0 amide bonds. The van der Waals surface area contributed by atoms with Crippen molar-refractivity contribution in [3.8, 4) is 10.6 Å². The lowest BCUT2D eigenvalue weighted by Crippen LogP contribution is -2.38. The van der Waals surface area contributed by atoms with Crippen LogP contribution in [-0.2, 0) is 9.47 Å². The molecule has 1 aliphatic carbocycles. The Morgan fingerprint density at radius 2 is 1.95 bits per heavy atom. The number of rotatable bonds is 9. The Kier molecular flexibility index (Phi) is 7.96. The number of nitrogens with zero attached hydrogens (tertiary/aromatic N) is 5. The lowest BCUT2D eigenvalue weighted by molar-refractivity contribution is 0.0197. The molecule has 5 heterocycles. The zero-order valence-electron chi connectivity index (χ0n) is 24.2. The molecule has 6 rings (SSSR count). The van der Waals surface area contributed by atoms with E-state index in [1.807, 2.05) is 33.0 Å². The molecule has 1 saturated carbocycles. The molecule has 0 bridgehead atoms. The van der Waals surface area contributed by atoms with Gasteiger partial charge in [0.2, 0.25) is 5.95 Å². The van der Waals surface area contributed by atoms with E-state index in [-0.39, 0.29) is 18.1 Å². The monoisotopic (exact) mass is 566 g/mol. The SMILES string of the molecule is Cc1nc(N(CC2CCOC2)CC2CCCO2)nc(NC2CCC(C(C)(C)O)C2)c1-c1nc2c(C)nccc2s1. The van der Waals surface area contributed by atoms with Crippen molar-refractivity contribution in [2.45, 2.75) is 84.0 Å². The van der Waals surface area contributed by atoms with Crippen molar-refractivity contribution in [3.05, 3.63) is 23.7 Å². The molecule has 2 aliphatic heterocycles. The lowest BCUT2D eigenvalue weighted by Gasteiger charge is -2.29. The van der Waals surface area contributed by atoms with Gasteiger partial charge in [0.25, 0.3) is 0 Å². The summed E-state index contributed by atoms with van der Waals surface area (Å²) in [6, 6.07) is 2.25. The number of aromatic nitrogens is 4. The van der Waals surface area contributed by atoms with Crippen LogP contribution in [0.15, 0.2) is 12.3 Å². The molecule has 4 unspecified atom stereocenters. The van der Waals surface area contributed by atoms with Crippen LogP contribution in [0.4, 0.5) is 11.8 Å². The number of ether oxygens (including phenoxy) is 2. The fraction of sp³-hybridized carbons (Fsp3) is 0.667.